The summed E-state index contributed by atoms with van der Waals surface area (Å²) in [5, 5.41) is 2.98. The number of halogens is 3. The second kappa shape index (κ2) is 8.29. The quantitative estimate of drug-likeness (QED) is 0.566. The zero-order chi connectivity index (χ0) is 21.0. The minimum absolute atomic E-state index is 0.212. The molecule has 2 N–H and O–H groups in total. The Morgan fingerprint density at radius 3 is 2.52 bits per heavy atom. The standard InChI is InChI=1S/C19H18F3N3O4/c1-27-16-10-15-14(9-11(16)3-8-17(26)28-2)24-18(25-15)23-12-4-6-13(7-5-12)29-19(20,21)22/h4-7,9-10H,3,8H2,1-2H3,(H2,23,24,25). The van der Waals surface area contributed by atoms with Gasteiger partial charge in [0.2, 0.25) is 5.95 Å². The van der Waals surface area contributed by atoms with Crippen LogP contribution in [0.1, 0.15) is 12.0 Å². The van der Waals surface area contributed by atoms with E-state index in [9.17, 15) is 18.0 Å². The molecule has 10 heteroatoms. The van der Waals surface area contributed by atoms with E-state index in [0.29, 0.717) is 34.8 Å². The first-order chi connectivity index (χ1) is 13.8. The first kappa shape index (κ1) is 20.3. The predicted molar refractivity (Wildman–Crippen MR) is 99.4 cm³/mol. The van der Waals surface area contributed by atoms with Crippen LogP contribution in [0.3, 0.4) is 0 Å². The Bertz CT molecular complexity index is 1000. The second-order valence-corrected chi connectivity index (χ2v) is 6.04. The molecular formula is C19H18F3N3O4. The molecule has 0 fully saturated rings. The zero-order valence-corrected chi connectivity index (χ0v) is 15.6. The average molecular weight is 409 g/mol. The highest BCUT2D eigenvalue weighted by molar-refractivity contribution is 5.81. The number of esters is 1. The van der Waals surface area contributed by atoms with Gasteiger partial charge in [-0.2, -0.15) is 0 Å². The van der Waals surface area contributed by atoms with Crippen molar-refractivity contribution >= 4 is 28.6 Å². The number of aryl methyl sites for hydroxylation is 1. The molecule has 29 heavy (non-hydrogen) atoms. The van der Waals surface area contributed by atoms with Gasteiger partial charge in [-0.05, 0) is 42.3 Å². The number of methoxy groups -OCH3 is 2. The lowest BCUT2D eigenvalue weighted by Gasteiger charge is -2.09. The molecule has 0 saturated heterocycles. The van der Waals surface area contributed by atoms with Gasteiger partial charge in [-0.15, -0.1) is 13.2 Å². The van der Waals surface area contributed by atoms with Crippen LogP contribution in [0, 0.1) is 0 Å². The summed E-state index contributed by atoms with van der Waals surface area (Å²) < 4.78 is 50.6. The van der Waals surface area contributed by atoms with Crippen LogP contribution in [-0.4, -0.2) is 36.5 Å². The molecule has 0 saturated carbocycles. The molecule has 0 bridgehead atoms. The number of benzene rings is 2. The van der Waals surface area contributed by atoms with Crippen LogP contribution in [0.15, 0.2) is 36.4 Å². The largest absolute Gasteiger partial charge is 0.573 e. The number of hydrogen-bond donors (Lipinski definition) is 2. The number of hydrogen-bond acceptors (Lipinski definition) is 6. The summed E-state index contributed by atoms with van der Waals surface area (Å²) in [6.07, 6.45) is -4.09. The number of aromatic nitrogens is 2. The number of alkyl halides is 3. The van der Waals surface area contributed by atoms with Crippen molar-refractivity contribution in [3.05, 3.63) is 42.0 Å². The van der Waals surface area contributed by atoms with Gasteiger partial charge in [0.05, 0.1) is 25.3 Å². The molecule has 7 nitrogen and oxygen atoms in total. The second-order valence-electron chi connectivity index (χ2n) is 6.04. The number of carbonyl (C=O) groups is 1. The van der Waals surface area contributed by atoms with Crippen LogP contribution < -0.4 is 14.8 Å². The number of H-pyrrole nitrogens is 1. The molecule has 0 aliphatic heterocycles. The van der Waals surface area contributed by atoms with Gasteiger partial charge in [0.1, 0.15) is 11.5 Å². The van der Waals surface area contributed by atoms with Gasteiger partial charge in [0, 0.05) is 18.2 Å². The maximum absolute atomic E-state index is 12.2. The number of nitrogens with one attached hydrogen (secondary N) is 2. The van der Waals surface area contributed by atoms with Gasteiger partial charge >= 0.3 is 12.3 Å². The van der Waals surface area contributed by atoms with Crippen LogP contribution in [0.5, 0.6) is 11.5 Å². The van der Waals surface area contributed by atoms with Gasteiger partial charge in [-0.25, -0.2) is 4.98 Å². The third kappa shape index (κ3) is 5.31. The number of imidazole rings is 1. The van der Waals surface area contributed by atoms with Crippen LogP contribution in [0.4, 0.5) is 24.8 Å². The molecule has 0 radical (unpaired) electrons. The van der Waals surface area contributed by atoms with E-state index < -0.39 is 6.36 Å². The van der Waals surface area contributed by atoms with Crippen molar-refractivity contribution in [2.75, 3.05) is 19.5 Å². The minimum atomic E-state index is -4.74. The monoisotopic (exact) mass is 409 g/mol. The van der Waals surface area contributed by atoms with Crippen molar-refractivity contribution in [3.8, 4) is 11.5 Å². The van der Waals surface area contributed by atoms with E-state index in [0.717, 1.165) is 5.56 Å². The summed E-state index contributed by atoms with van der Waals surface area (Å²) in [5.41, 5.74) is 2.68. The van der Waals surface area contributed by atoms with Crippen LogP contribution in [0.2, 0.25) is 0 Å². The minimum Gasteiger partial charge on any atom is -0.496 e. The Kier molecular flexibility index (Phi) is 5.81. The summed E-state index contributed by atoms with van der Waals surface area (Å²) in [5.74, 6) is 0.356. The summed E-state index contributed by atoms with van der Waals surface area (Å²) in [6.45, 7) is 0. The fourth-order valence-electron chi connectivity index (χ4n) is 2.74. The van der Waals surface area contributed by atoms with Gasteiger partial charge in [0.15, 0.2) is 0 Å². The molecule has 2 aromatic carbocycles. The average Bonchev–Trinajstić information content (AvgIpc) is 3.06. The Morgan fingerprint density at radius 2 is 1.90 bits per heavy atom. The van der Waals surface area contributed by atoms with Crippen molar-refractivity contribution in [1.82, 2.24) is 9.97 Å². The van der Waals surface area contributed by atoms with Gasteiger partial charge in [-0.1, -0.05) is 0 Å². The highest BCUT2D eigenvalue weighted by atomic mass is 19.4. The van der Waals surface area contributed by atoms with Crippen LogP contribution in [0.25, 0.3) is 11.0 Å². The van der Waals surface area contributed by atoms with Crippen LogP contribution >= 0.6 is 0 Å². The maximum Gasteiger partial charge on any atom is 0.573 e. The molecule has 0 spiro atoms. The first-order valence-electron chi connectivity index (χ1n) is 8.53. The molecule has 0 unspecified atom stereocenters. The maximum atomic E-state index is 12.2. The van der Waals surface area contributed by atoms with Crippen LogP contribution in [-0.2, 0) is 16.0 Å². The highest BCUT2D eigenvalue weighted by Crippen LogP contribution is 2.29. The number of rotatable bonds is 7. The molecular weight excluding hydrogens is 391 g/mol. The highest BCUT2D eigenvalue weighted by Gasteiger charge is 2.30. The number of ether oxygens (including phenoxy) is 3. The van der Waals surface area contributed by atoms with E-state index in [1.165, 1.54) is 38.5 Å². The molecule has 0 amide bonds. The Balaban J connectivity index is 1.77. The summed E-state index contributed by atoms with van der Waals surface area (Å²) in [7, 11) is 2.86. The normalized spacial score (nSPS) is 11.3. The molecule has 0 atom stereocenters. The predicted octanol–water partition coefficient (Wildman–Crippen LogP) is 4.32. The number of nitrogens with zero attached hydrogens (tertiary/aromatic N) is 1. The molecule has 154 valence electrons. The number of anilines is 2. The molecule has 1 heterocycles. The van der Waals surface area contributed by atoms with E-state index in [4.69, 9.17) is 4.74 Å². The molecule has 3 rings (SSSR count). The Labute approximate surface area is 163 Å². The Hall–Kier alpha value is -3.43. The van der Waals surface area contributed by atoms with Crippen molar-refractivity contribution in [2.24, 2.45) is 0 Å². The van der Waals surface area contributed by atoms with E-state index in [1.54, 1.807) is 6.07 Å². The lowest BCUT2D eigenvalue weighted by atomic mass is 10.1. The van der Waals surface area contributed by atoms with Crippen molar-refractivity contribution < 1.29 is 32.2 Å². The summed E-state index contributed by atoms with van der Waals surface area (Å²) in [4.78, 5) is 18.9. The van der Waals surface area contributed by atoms with Gasteiger partial charge in [0.25, 0.3) is 0 Å². The summed E-state index contributed by atoms with van der Waals surface area (Å²) in [6, 6.07) is 8.85. The number of fused-ring (bicyclic) bond motifs is 1. The fourth-order valence-corrected chi connectivity index (χ4v) is 2.74. The van der Waals surface area contributed by atoms with Crippen molar-refractivity contribution in [1.29, 1.82) is 0 Å². The molecule has 1 aromatic heterocycles. The third-order valence-corrected chi connectivity index (χ3v) is 4.06. The van der Waals surface area contributed by atoms with E-state index in [1.807, 2.05) is 6.07 Å². The molecule has 0 aliphatic carbocycles. The summed E-state index contributed by atoms with van der Waals surface area (Å²) >= 11 is 0. The third-order valence-electron chi connectivity index (χ3n) is 4.06. The van der Waals surface area contributed by atoms with E-state index in [-0.39, 0.29) is 18.1 Å². The Morgan fingerprint density at radius 1 is 1.17 bits per heavy atom. The van der Waals surface area contributed by atoms with E-state index in [2.05, 4.69) is 24.8 Å². The fraction of sp³-hybridized carbons (Fsp3) is 0.263. The lowest BCUT2D eigenvalue weighted by molar-refractivity contribution is -0.274. The smallest absolute Gasteiger partial charge is 0.496 e. The van der Waals surface area contributed by atoms with Gasteiger partial charge in [-0.3, -0.25) is 4.79 Å². The molecule has 3 aromatic rings. The van der Waals surface area contributed by atoms with Crippen molar-refractivity contribution in [3.63, 3.8) is 0 Å². The number of aromatic amines is 1. The lowest BCUT2D eigenvalue weighted by Crippen LogP contribution is -2.16. The first-order valence-corrected chi connectivity index (χ1v) is 8.53. The topological polar surface area (TPSA) is 85.5 Å². The van der Waals surface area contributed by atoms with Gasteiger partial charge < -0.3 is 24.5 Å². The van der Waals surface area contributed by atoms with Crippen molar-refractivity contribution in [2.45, 2.75) is 19.2 Å². The van der Waals surface area contributed by atoms with E-state index >= 15 is 0 Å². The molecule has 0 aliphatic rings. The zero-order valence-electron chi connectivity index (χ0n) is 15.6. The number of carbonyl (C=O) groups excluding carboxylic acids is 1. The SMILES string of the molecule is COC(=O)CCc1cc2[nH]c(Nc3ccc(OC(F)(F)F)cc3)nc2cc1OC.